The van der Waals surface area contributed by atoms with E-state index in [-0.39, 0.29) is 30.6 Å². The minimum Gasteiger partial charge on any atom is -0.494 e. The lowest BCUT2D eigenvalue weighted by molar-refractivity contribution is 0.224. The minimum atomic E-state index is -0.175. The molecule has 0 aromatic heterocycles. The second-order valence-electron chi connectivity index (χ2n) is 8.87. The number of hydrogen-bond donors (Lipinski definition) is 0. The Labute approximate surface area is 214 Å². The van der Waals surface area contributed by atoms with Crippen molar-refractivity contribution in [1.82, 2.24) is 4.90 Å². The molecular weight excluding hydrogens is 470 g/mol. The maximum Gasteiger partial charge on any atom is 0.123 e. The van der Waals surface area contributed by atoms with Crippen molar-refractivity contribution in [3.05, 3.63) is 95.3 Å². The van der Waals surface area contributed by atoms with Gasteiger partial charge in [-0.25, -0.2) is 4.39 Å². The summed E-state index contributed by atoms with van der Waals surface area (Å²) in [5.41, 5.74) is 5.42. The molecule has 1 aliphatic carbocycles. The van der Waals surface area contributed by atoms with Gasteiger partial charge in [0.2, 0.25) is 0 Å². The lowest BCUT2D eigenvalue weighted by atomic mass is 9.93. The summed E-state index contributed by atoms with van der Waals surface area (Å²) in [6.45, 7) is 5.84. The molecule has 3 aromatic carbocycles. The summed E-state index contributed by atoms with van der Waals surface area (Å²) in [4.78, 5) is 4.83. The van der Waals surface area contributed by atoms with Gasteiger partial charge in [-0.15, -0.1) is 24.8 Å². The molecule has 0 radical (unpaired) electrons. The van der Waals surface area contributed by atoms with Crippen LogP contribution in [-0.4, -0.2) is 44.2 Å². The number of halogens is 3. The van der Waals surface area contributed by atoms with Gasteiger partial charge < -0.3 is 9.64 Å². The second kappa shape index (κ2) is 12.4. The molecule has 2 aliphatic rings. The highest BCUT2D eigenvalue weighted by molar-refractivity contribution is 5.85. The molecule has 1 fully saturated rings. The van der Waals surface area contributed by atoms with Crippen LogP contribution in [0.3, 0.4) is 0 Å². The van der Waals surface area contributed by atoms with Crippen molar-refractivity contribution in [2.24, 2.45) is 0 Å². The number of ether oxygens (including phenoxy) is 1. The summed E-state index contributed by atoms with van der Waals surface area (Å²) in [5.74, 6) is 1.31. The summed E-state index contributed by atoms with van der Waals surface area (Å²) in [6.07, 6.45) is 3.36. The van der Waals surface area contributed by atoms with Gasteiger partial charge >= 0.3 is 0 Å². The Morgan fingerprint density at radius 2 is 1.59 bits per heavy atom. The topological polar surface area (TPSA) is 15.7 Å². The molecule has 0 amide bonds. The Hall–Kier alpha value is -2.27. The Balaban J connectivity index is 0.00000162. The highest BCUT2D eigenvalue weighted by Gasteiger charge is 2.24. The van der Waals surface area contributed by atoms with Crippen molar-refractivity contribution in [3.8, 4) is 5.75 Å². The van der Waals surface area contributed by atoms with Gasteiger partial charge in [-0.05, 0) is 72.4 Å². The molecule has 1 aliphatic heterocycles. The average Bonchev–Trinajstić information content (AvgIpc) is 3.27. The Bertz CT molecular complexity index is 1020. The van der Waals surface area contributed by atoms with Gasteiger partial charge in [-0.2, -0.15) is 0 Å². The minimum absolute atomic E-state index is 0. The first-order valence-electron chi connectivity index (χ1n) is 11.8. The monoisotopic (exact) mass is 502 g/mol. The van der Waals surface area contributed by atoms with Crippen LogP contribution in [0.4, 0.5) is 10.1 Å². The fourth-order valence-electron chi connectivity index (χ4n) is 5.06. The molecular formula is C28H33Cl2FN2O. The fraction of sp³-hybridized carbons (Fsp3) is 0.357. The van der Waals surface area contributed by atoms with Crippen molar-refractivity contribution in [1.29, 1.82) is 0 Å². The maximum absolute atomic E-state index is 13.1. The van der Waals surface area contributed by atoms with Crippen molar-refractivity contribution < 1.29 is 9.13 Å². The number of fused-ring (bicyclic) bond motifs is 1. The molecule has 1 unspecified atom stereocenters. The third kappa shape index (κ3) is 6.24. The van der Waals surface area contributed by atoms with E-state index in [2.05, 4.69) is 58.3 Å². The van der Waals surface area contributed by atoms with Gasteiger partial charge in [0.05, 0.1) is 6.61 Å². The van der Waals surface area contributed by atoms with E-state index in [4.69, 9.17) is 4.74 Å². The van der Waals surface area contributed by atoms with Crippen molar-refractivity contribution in [3.63, 3.8) is 0 Å². The molecule has 6 heteroatoms. The molecule has 1 heterocycles. The molecule has 5 rings (SSSR count). The largest absolute Gasteiger partial charge is 0.494 e. The summed E-state index contributed by atoms with van der Waals surface area (Å²) in [7, 11) is 0. The number of anilines is 1. The first kappa shape index (κ1) is 26.3. The van der Waals surface area contributed by atoms with Crippen LogP contribution >= 0.6 is 24.8 Å². The lowest BCUT2D eigenvalue weighted by Gasteiger charge is -2.36. The number of benzene rings is 3. The van der Waals surface area contributed by atoms with Crippen LogP contribution in [0.25, 0.3) is 0 Å². The molecule has 34 heavy (non-hydrogen) atoms. The Morgan fingerprint density at radius 1 is 0.853 bits per heavy atom. The molecule has 3 nitrogen and oxygen atoms in total. The van der Waals surface area contributed by atoms with Gasteiger partial charge in [0.25, 0.3) is 0 Å². The van der Waals surface area contributed by atoms with Crippen LogP contribution in [0.2, 0.25) is 0 Å². The van der Waals surface area contributed by atoms with E-state index >= 15 is 0 Å². The maximum atomic E-state index is 13.1. The Morgan fingerprint density at radius 3 is 2.32 bits per heavy atom. The van der Waals surface area contributed by atoms with Gasteiger partial charge in [0.15, 0.2) is 0 Å². The molecule has 0 N–H and O–H groups in total. The van der Waals surface area contributed by atoms with E-state index in [9.17, 15) is 4.39 Å². The standard InChI is InChI=1S/C28H31FN2O.2ClH/c29-24-9-11-25(12-10-24)31-18-16-30(17-19-31)15-4-20-32-26-13-7-23-8-14-27(28(23)21-26)22-5-2-1-3-6-22;;/h1-3,5-7,9-13,21,27H,4,8,14-20H2;2*1H. The van der Waals surface area contributed by atoms with Crippen molar-refractivity contribution >= 4 is 30.5 Å². The quantitative estimate of drug-likeness (QED) is 0.350. The van der Waals surface area contributed by atoms with E-state index < -0.39 is 0 Å². The number of hydrogen-bond acceptors (Lipinski definition) is 3. The van der Waals surface area contributed by atoms with Gasteiger partial charge in [0, 0.05) is 44.3 Å². The number of aryl methyl sites for hydroxylation is 1. The molecule has 0 bridgehead atoms. The Kier molecular flexibility index (Phi) is 9.63. The highest BCUT2D eigenvalue weighted by Crippen LogP contribution is 2.39. The van der Waals surface area contributed by atoms with Crippen molar-refractivity contribution in [2.45, 2.75) is 25.2 Å². The molecule has 1 atom stereocenters. The summed E-state index contributed by atoms with van der Waals surface area (Å²) >= 11 is 0. The van der Waals surface area contributed by atoms with Gasteiger partial charge in [-0.3, -0.25) is 4.90 Å². The summed E-state index contributed by atoms with van der Waals surface area (Å²) in [5, 5.41) is 0. The predicted octanol–water partition coefficient (Wildman–Crippen LogP) is 6.34. The molecule has 0 spiro atoms. The third-order valence-electron chi connectivity index (χ3n) is 6.85. The normalized spacial score (nSPS) is 17.4. The first-order chi connectivity index (χ1) is 15.8. The number of nitrogens with zero attached hydrogens (tertiary/aromatic N) is 2. The smallest absolute Gasteiger partial charge is 0.123 e. The summed E-state index contributed by atoms with van der Waals surface area (Å²) < 4.78 is 19.3. The van der Waals surface area contributed by atoms with E-state index in [1.54, 1.807) is 12.1 Å². The SMILES string of the molecule is Cl.Cl.Fc1ccc(N2CCN(CCCOc3ccc4c(c3)C(c3ccccc3)CC4)CC2)cc1. The van der Waals surface area contributed by atoms with E-state index in [1.165, 1.54) is 23.1 Å². The summed E-state index contributed by atoms with van der Waals surface area (Å²) in [6, 6.07) is 24.3. The van der Waals surface area contributed by atoms with E-state index in [0.717, 1.165) is 63.6 Å². The number of rotatable bonds is 7. The van der Waals surface area contributed by atoms with Crippen LogP contribution < -0.4 is 9.64 Å². The lowest BCUT2D eigenvalue weighted by Crippen LogP contribution is -2.46. The fourth-order valence-corrected chi connectivity index (χ4v) is 5.06. The molecule has 0 saturated carbocycles. The zero-order chi connectivity index (χ0) is 21.8. The second-order valence-corrected chi connectivity index (χ2v) is 8.87. The first-order valence-corrected chi connectivity index (χ1v) is 11.8. The van der Waals surface area contributed by atoms with Crippen LogP contribution in [-0.2, 0) is 6.42 Å². The highest BCUT2D eigenvalue weighted by atomic mass is 35.5. The van der Waals surface area contributed by atoms with E-state index in [1.807, 2.05) is 12.1 Å². The van der Waals surface area contributed by atoms with Crippen LogP contribution in [0.15, 0.2) is 72.8 Å². The molecule has 1 saturated heterocycles. The van der Waals surface area contributed by atoms with Crippen LogP contribution in [0, 0.1) is 5.82 Å². The number of piperazine rings is 1. The van der Waals surface area contributed by atoms with Crippen LogP contribution in [0.5, 0.6) is 5.75 Å². The zero-order valence-corrected chi connectivity index (χ0v) is 21.0. The predicted molar refractivity (Wildman–Crippen MR) is 143 cm³/mol. The molecule has 3 aromatic rings. The zero-order valence-electron chi connectivity index (χ0n) is 19.4. The van der Waals surface area contributed by atoms with Gasteiger partial charge in [-0.1, -0.05) is 36.4 Å². The average molecular weight is 503 g/mol. The molecule has 182 valence electrons. The van der Waals surface area contributed by atoms with E-state index in [0.29, 0.717) is 5.92 Å². The van der Waals surface area contributed by atoms with Gasteiger partial charge in [0.1, 0.15) is 11.6 Å². The third-order valence-corrected chi connectivity index (χ3v) is 6.85. The van der Waals surface area contributed by atoms with Crippen LogP contribution in [0.1, 0.15) is 35.4 Å². The van der Waals surface area contributed by atoms with Crippen molar-refractivity contribution in [2.75, 3.05) is 44.2 Å².